The van der Waals surface area contributed by atoms with Crippen molar-refractivity contribution in [1.82, 2.24) is 9.88 Å². The van der Waals surface area contributed by atoms with Gasteiger partial charge in [-0.3, -0.25) is 4.90 Å². The van der Waals surface area contributed by atoms with Crippen molar-refractivity contribution in [2.24, 2.45) is 0 Å². The molecule has 3 aromatic rings. The van der Waals surface area contributed by atoms with E-state index < -0.39 is 11.0 Å². The van der Waals surface area contributed by atoms with Crippen LogP contribution in [0.25, 0.3) is 10.9 Å². The molecule has 0 atom stereocenters. The second-order valence-corrected chi connectivity index (χ2v) is 13.1. The van der Waals surface area contributed by atoms with E-state index in [0.717, 1.165) is 68.0 Å². The number of nitrogens with one attached hydrogen (secondary N) is 1. The molecule has 2 saturated heterocycles. The summed E-state index contributed by atoms with van der Waals surface area (Å²) in [6, 6.07) is 13.8. The zero-order valence-corrected chi connectivity index (χ0v) is 25.5. The third-order valence-electron chi connectivity index (χ3n) is 8.74. The number of aromatic nitrogens is 1. The molecule has 2 aromatic carbocycles. The van der Waals surface area contributed by atoms with Crippen LogP contribution in [-0.2, 0) is 21.3 Å². The summed E-state index contributed by atoms with van der Waals surface area (Å²) >= 11 is 0. The average Bonchev–Trinajstić information content (AvgIpc) is 3.32. The van der Waals surface area contributed by atoms with Crippen LogP contribution in [0.15, 0.2) is 36.4 Å². The van der Waals surface area contributed by atoms with Crippen LogP contribution in [0.2, 0.25) is 0 Å². The maximum Gasteiger partial charge on any atom is 0.341 e. The van der Waals surface area contributed by atoms with Crippen molar-refractivity contribution < 1.29 is 14.3 Å². The Morgan fingerprint density at radius 3 is 2.35 bits per heavy atom. The van der Waals surface area contributed by atoms with E-state index in [1.54, 1.807) is 0 Å². The van der Waals surface area contributed by atoms with Crippen LogP contribution in [-0.4, -0.2) is 66.9 Å². The van der Waals surface area contributed by atoms with Crippen molar-refractivity contribution in [2.75, 3.05) is 44.3 Å². The van der Waals surface area contributed by atoms with E-state index in [-0.39, 0.29) is 5.97 Å². The Bertz CT molecular complexity index is 1350. The van der Waals surface area contributed by atoms with Gasteiger partial charge in [0, 0.05) is 59.9 Å². The van der Waals surface area contributed by atoms with Crippen LogP contribution in [0.4, 0.5) is 5.69 Å². The highest BCUT2D eigenvalue weighted by Gasteiger charge is 2.35. The zero-order valence-electron chi connectivity index (χ0n) is 25.5. The summed E-state index contributed by atoms with van der Waals surface area (Å²) in [7, 11) is 0. The van der Waals surface area contributed by atoms with Gasteiger partial charge in [-0.15, -0.1) is 0 Å². The molecule has 5 rings (SSSR count). The molecule has 2 aliphatic rings. The summed E-state index contributed by atoms with van der Waals surface area (Å²) in [4.78, 5) is 22.5. The normalized spacial score (nSPS) is 17.9. The van der Waals surface area contributed by atoms with Crippen LogP contribution in [0.1, 0.15) is 87.1 Å². The molecule has 40 heavy (non-hydrogen) atoms. The number of carbonyl (C=O) groups is 1. The Morgan fingerprint density at radius 2 is 1.70 bits per heavy atom. The Kier molecular flexibility index (Phi) is 8.04. The minimum atomic E-state index is -0.573. The first-order valence-electron chi connectivity index (χ1n) is 15.0. The molecule has 0 amide bonds. The number of aryl methyl sites for hydroxylation is 2. The lowest BCUT2D eigenvalue weighted by Crippen LogP contribution is -2.49. The molecule has 0 unspecified atom stereocenters. The van der Waals surface area contributed by atoms with Gasteiger partial charge in [0.1, 0.15) is 5.60 Å². The number of hydrogen-bond donors (Lipinski definition) is 1. The van der Waals surface area contributed by atoms with Gasteiger partial charge >= 0.3 is 5.97 Å². The largest absolute Gasteiger partial charge is 0.456 e. The number of aromatic amines is 1. The van der Waals surface area contributed by atoms with Crippen molar-refractivity contribution in [3.63, 3.8) is 0 Å². The summed E-state index contributed by atoms with van der Waals surface area (Å²) in [6.45, 7) is 20.5. The molecule has 1 N–H and O–H groups in total. The Morgan fingerprint density at radius 1 is 1.00 bits per heavy atom. The first-order chi connectivity index (χ1) is 19.0. The fourth-order valence-corrected chi connectivity index (χ4v) is 6.43. The predicted molar refractivity (Wildman–Crippen MR) is 164 cm³/mol. The van der Waals surface area contributed by atoms with Crippen LogP contribution in [0, 0.1) is 6.92 Å². The number of esters is 1. The molecule has 0 saturated carbocycles. The monoisotopic (exact) mass is 545 g/mol. The van der Waals surface area contributed by atoms with E-state index in [9.17, 15) is 4.79 Å². The van der Waals surface area contributed by atoms with Gasteiger partial charge in [0.25, 0.3) is 0 Å². The number of carbonyl (C=O) groups excluding carboxylic acids is 1. The van der Waals surface area contributed by atoms with Crippen LogP contribution < -0.4 is 4.90 Å². The molecule has 2 aliphatic heterocycles. The van der Waals surface area contributed by atoms with Crippen LogP contribution >= 0.6 is 0 Å². The molecule has 0 bridgehead atoms. The number of ether oxygens (including phenoxy) is 2. The van der Waals surface area contributed by atoms with Crippen molar-refractivity contribution in [3.8, 4) is 0 Å². The highest BCUT2D eigenvalue weighted by atomic mass is 16.6. The van der Waals surface area contributed by atoms with E-state index in [2.05, 4.69) is 72.8 Å². The zero-order chi connectivity index (χ0) is 28.7. The van der Waals surface area contributed by atoms with Crippen molar-refractivity contribution in [2.45, 2.75) is 84.8 Å². The van der Waals surface area contributed by atoms with E-state index in [1.165, 1.54) is 29.7 Å². The van der Waals surface area contributed by atoms with Gasteiger partial charge in [-0.25, -0.2) is 4.79 Å². The summed E-state index contributed by atoms with van der Waals surface area (Å²) < 4.78 is 11.5. The third-order valence-corrected chi connectivity index (χ3v) is 8.74. The number of hydrogen-bond acceptors (Lipinski definition) is 5. The van der Waals surface area contributed by atoms with Gasteiger partial charge in [-0.2, -0.15) is 0 Å². The first-order valence-corrected chi connectivity index (χ1v) is 15.0. The number of anilines is 1. The molecular weight excluding hydrogens is 498 g/mol. The number of piperidine rings is 1. The van der Waals surface area contributed by atoms with E-state index in [4.69, 9.17) is 9.47 Å². The molecule has 0 spiro atoms. The summed E-state index contributed by atoms with van der Waals surface area (Å²) in [6.07, 6.45) is 3.36. The van der Waals surface area contributed by atoms with Gasteiger partial charge in [0.15, 0.2) is 0 Å². The standard InChI is InChI=1S/C34H47N3O3/c1-8-24-10-11-25(22-29(24)37-15-13-26(14-16-37)36-17-19-39-20-18-36)34(6,7)31-30(32(38)40-33(3,4)5)27-12-9-23(2)21-28(27)35-31/h9-12,21-22,26,35H,8,13-20H2,1-7H3. The second-order valence-electron chi connectivity index (χ2n) is 13.1. The molecule has 0 radical (unpaired) electrons. The number of morpholine rings is 1. The molecule has 3 heterocycles. The van der Waals surface area contributed by atoms with Crippen molar-refractivity contribution in [3.05, 3.63) is 64.3 Å². The lowest BCUT2D eigenvalue weighted by molar-refractivity contribution is 0.00695. The molecule has 0 aliphatic carbocycles. The number of fused-ring (bicyclic) bond motifs is 1. The van der Waals surface area contributed by atoms with Crippen molar-refractivity contribution in [1.29, 1.82) is 0 Å². The van der Waals surface area contributed by atoms with Crippen LogP contribution in [0.3, 0.4) is 0 Å². The Hall–Kier alpha value is -2.83. The van der Waals surface area contributed by atoms with Crippen LogP contribution in [0.5, 0.6) is 0 Å². The lowest BCUT2D eigenvalue weighted by Gasteiger charge is -2.41. The molecule has 6 heteroatoms. The number of rotatable bonds is 6. The third kappa shape index (κ3) is 5.80. The first kappa shape index (κ1) is 28.7. The minimum absolute atomic E-state index is 0.277. The van der Waals surface area contributed by atoms with Gasteiger partial charge in [0.2, 0.25) is 0 Å². The van der Waals surface area contributed by atoms with Gasteiger partial charge in [0.05, 0.1) is 18.8 Å². The topological polar surface area (TPSA) is 57.8 Å². The van der Waals surface area contributed by atoms with E-state index in [0.29, 0.717) is 11.6 Å². The maximum atomic E-state index is 13.6. The number of nitrogens with zero attached hydrogens (tertiary/aromatic N) is 2. The quantitative estimate of drug-likeness (QED) is 0.353. The maximum absolute atomic E-state index is 13.6. The number of benzene rings is 2. The predicted octanol–water partition coefficient (Wildman–Crippen LogP) is 6.62. The average molecular weight is 546 g/mol. The molecule has 216 valence electrons. The molecule has 6 nitrogen and oxygen atoms in total. The second kappa shape index (κ2) is 11.2. The summed E-state index contributed by atoms with van der Waals surface area (Å²) in [5.41, 5.74) is 6.57. The smallest absolute Gasteiger partial charge is 0.341 e. The van der Waals surface area contributed by atoms with Crippen molar-refractivity contribution >= 4 is 22.6 Å². The van der Waals surface area contributed by atoms with E-state index >= 15 is 0 Å². The van der Waals surface area contributed by atoms with Gasteiger partial charge in [-0.1, -0.05) is 45.0 Å². The SMILES string of the molecule is CCc1ccc(C(C)(C)c2[nH]c3cc(C)ccc3c2C(=O)OC(C)(C)C)cc1N1CCC(N2CCOCC2)CC1. The van der Waals surface area contributed by atoms with E-state index in [1.807, 2.05) is 26.8 Å². The van der Waals surface area contributed by atoms with Gasteiger partial charge < -0.3 is 19.4 Å². The molecule has 1 aromatic heterocycles. The molecular formula is C34H47N3O3. The fourth-order valence-electron chi connectivity index (χ4n) is 6.43. The molecule has 2 fully saturated rings. The fraction of sp³-hybridized carbons (Fsp3) is 0.559. The highest BCUT2D eigenvalue weighted by Crippen LogP contribution is 2.40. The minimum Gasteiger partial charge on any atom is -0.456 e. The summed E-state index contributed by atoms with van der Waals surface area (Å²) in [5, 5.41) is 0.915. The van der Waals surface area contributed by atoms with Gasteiger partial charge in [-0.05, 0) is 75.8 Å². The summed E-state index contributed by atoms with van der Waals surface area (Å²) in [5.74, 6) is -0.277. The lowest BCUT2D eigenvalue weighted by atomic mass is 9.78. The Labute approximate surface area is 240 Å². The Balaban J connectivity index is 1.49. The highest BCUT2D eigenvalue weighted by molar-refractivity contribution is 6.06. The number of H-pyrrole nitrogens is 1.